The molecule has 1 aromatic carbocycles. The minimum absolute atomic E-state index is 0.181. The predicted molar refractivity (Wildman–Crippen MR) is 93.7 cm³/mol. The van der Waals surface area contributed by atoms with Crippen LogP contribution in [0.25, 0.3) is 6.08 Å². The Morgan fingerprint density at radius 2 is 1.91 bits per heavy atom. The van der Waals surface area contributed by atoms with Gasteiger partial charge in [-0.25, -0.2) is 0 Å². The summed E-state index contributed by atoms with van der Waals surface area (Å²) in [5.41, 5.74) is 2.32. The van der Waals surface area contributed by atoms with E-state index >= 15 is 0 Å². The monoisotopic (exact) mass is 310 g/mol. The highest BCUT2D eigenvalue weighted by molar-refractivity contribution is 6.01. The van der Waals surface area contributed by atoms with E-state index in [1.54, 1.807) is 6.08 Å². The number of nitrogens with one attached hydrogen (secondary N) is 1. The molecule has 3 nitrogen and oxygen atoms in total. The standard InChI is InChI=1S/C20H26N2O/c1-14(2)17-10-8-16(9-11-17)12-18(13-21)20(23)22-19-7-5-4-6-15(19)3/h8-12,14-15,19H,4-7H2,1-3H3,(H,22,23)/b18-12+/t15-,19-/m0/s1. The Hall–Kier alpha value is -2.08. The summed E-state index contributed by atoms with van der Waals surface area (Å²) in [6.07, 6.45) is 6.21. The molecule has 2 atom stereocenters. The van der Waals surface area contributed by atoms with Crippen molar-refractivity contribution >= 4 is 12.0 Å². The predicted octanol–water partition coefficient (Wildman–Crippen LogP) is 4.41. The van der Waals surface area contributed by atoms with Crippen molar-refractivity contribution in [3.05, 3.63) is 41.0 Å². The van der Waals surface area contributed by atoms with E-state index < -0.39 is 0 Å². The van der Waals surface area contributed by atoms with Crippen LogP contribution in [0.4, 0.5) is 0 Å². The van der Waals surface area contributed by atoms with Gasteiger partial charge >= 0.3 is 0 Å². The average molecular weight is 310 g/mol. The zero-order chi connectivity index (χ0) is 16.8. The molecule has 2 rings (SSSR count). The van der Waals surface area contributed by atoms with Crippen LogP contribution < -0.4 is 5.32 Å². The number of hydrogen-bond donors (Lipinski definition) is 1. The van der Waals surface area contributed by atoms with Gasteiger partial charge in [-0.3, -0.25) is 4.79 Å². The van der Waals surface area contributed by atoms with Gasteiger partial charge in [-0.15, -0.1) is 0 Å². The second-order valence-corrected chi connectivity index (χ2v) is 6.83. The number of carbonyl (C=O) groups excluding carboxylic acids is 1. The van der Waals surface area contributed by atoms with Gasteiger partial charge in [-0.2, -0.15) is 5.26 Å². The number of benzene rings is 1. The normalized spacial score (nSPS) is 21.8. The third-order valence-electron chi connectivity index (χ3n) is 4.71. The molecule has 0 aromatic heterocycles. The van der Waals surface area contributed by atoms with Crippen molar-refractivity contribution in [2.75, 3.05) is 0 Å². The average Bonchev–Trinajstić information content (AvgIpc) is 2.55. The number of nitrogens with zero attached hydrogens (tertiary/aromatic N) is 1. The Balaban J connectivity index is 2.08. The molecule has 1 saturated carbocycles. The van der Waals surface area contributed by atoms with Crippen LogP contribution in [0.5, 0.6) is 0 Å². The molecule has 0 heterocycles. The lowest BCUT2D eigenvalue weighted by atomic mass is 9.86. The van der Waals surface area contributed by atoms with E-state index in [4.69, 9.17) is 0 Å². The molecule has 23 heavy (non-hydrogen) atoms. The van der Waals surface area contributed by atoms with Crippen LogP contribution in [-0.4, -0.2) is 11.9 Å². The summed E-state index contributed by atoms with van der Waals surface area (Å²) in [4.78, 5) is 12.4. The largest absolute Gasteiger partial charge is 0.348 e. The van der Waals surface area contributed by atoms with Crippen molar-refractivity contribution in [3.63, 3.8) is 0 Å². The van der Waals surface area contributed by atoms with Gasteiger partial charge in [-0.1, -0.05) is 57.9 Å². The number of amides is 1. The van der Waals surface area contributed by atoms with Gasteiger partial charge in [0.1, 0.15) is 11.6 Å². The summed E-state index contributed by atoms with van der Waals surface area (Å²) in [5.74, 6) is 0.705. The highest BCUT2D eigenvalue weighted by atomic mass is 16.1. The summed E-state index contributed by atoms with van der Waals surface area (Å²) in [5, 5.41) is 12.4. The summed E-state index contributed by atoms with van der Waals surface area (Å²) in [6, 6.07) is 10.3. The van der Waals surface area contributed by atoms with Crippen molar-refractivity contribution in [1.29, 1.82) is 5.26 Å². The molecule has 122 valence electrons. The maximum Gasteiger partial charge on any atom is 0.262 e. The topological polar surface area (TPSA) is 52.9 Å². The van der Waals surface area contributed by atoms with Crippen molar-refractivity contribution in [2.24, 2.45) is 5.92 Å². The minimum atomic E-state index is -0.251. The first-order valence-corrected chi connectivity index (χ1v) is 8.54. The summed E-state index contributed by atoms with van der Waals surface area (Å²) >= 11 is 0. The SMILES string of the molecule is CC(C)c1ccc(/C=C(\C#N)C(=O)N[C@H]2CCCC[C@@H]2C)cc1. The van der Waals surface area contributed by atoms with Crippen LogP contribution in [-0.2, 0) is 4.79 Å². The molecule has 1 N–H and O–H groups in total. The Kier molecular flexibility index (Phi) is 5.98. The molecule has 1 aliphatic rings. The quantitative estimate of drug-likeness (QED) is 0.661. The molecule has 0 spiro atoms. The van der Waals surface area contributed by atoms with Gasteiger partial charge in [0.15, 0.2) is 0 Å². The van der Waals surface area contributed by atoms with E-state index in [-0.39, 0.29) is 17.5 Å². The number of rotatable bonds is 4. The second kappa shape index (κ2) is 7.97. The highest BCUT2D eigenvalue weighted by Crippen LogP contribution is 2.24. The molecule has 1 aromatic rings. The van der Waals surface area contributed by atoms with Gasteiger partial charge in [0.25, 0.3) is 5.91 Å². The zero-order valence-electron chi connectivity index (χ0n) is 14.3. The van der Waals surface area contributed by atoms with Crippen molar-refractivity contribution in [3.8, 4) is 6.07 Å². The molecule has 0 aliphatic heterocycles. The first-order valence-electron chi connectivity index (χ1n) is 8.54. The number of hydrogen-bond acceptors (Lipinski definition) is 2. The molecule has 0 radical (unpaired) electrons. The molecule has 3 heteroatoms. The van der Waals surface area contributed by atoms with Gasteiger partial charge < -0.3 is 5.32 Å². The van der Waals surface area contributed by atoms with Gasteiger partial charge in [0, 0.05) is 6.04 Å². The lowest BCUT2D eigenvalue weighted by Gasteiger charge is -2.29. The molecular formula is C20H26N2O. The zero-order valence-corrected chi connectivity index (χ0v) is 14.3. The third kappa shape index (κ3) is 4.69. The maximum absolute atomic E-state index is 12.4. The van der Waals surface area contributed by atoms with E-state index in [1.165, 1.54) is 12.0 Å². The van der Waals surface area contributed by atoms with Gasteiger partial charge in [-0.05, 0) is 41.9 Å². The fourth-order valence-corrected chi connectivity index (χ4v) is 3.07. The fraction of sp³-hybridized carbons (Fsp3) is 0.500. The van der Waals surface area contributed by atoms with E-state index in [1.807, 2.05) is 30.3 Å². The van der Waals surface area contributed by atoms with Gasteiger partial charge in [0.05, 0.1) is 0 Å². The first-order chi connectivity index (χ1) is 11.0. The van der Waals surface area contributed by atoms with Crippen molar-refractivity contribution < 1.29 is 4.79 Å². The van der Waals surface area contributed by atoms with E-state index in [0.29, 0.717) is 11.8 Å². The molecule has 0 unspecified atom stereocenters. The van der Waals surface area contributed by atoms with Crippen LogP contribution in [0, 0.1) is 17.2 Å². The second-order valence-electron chi connectivity index (χ2n) is 6.83. The van der Waals surface area contributed by atoms with Crippen molar-refractivity contribution in [1.82, 2.24) is 5.32 Å². The van der Waals surface area contributed by atoms with Crippen LogP contribution in [0.3, 0.4) is 0 Å². The highest BCUT2D eigenvalue weighted by Gasteiger charge is 2.23. The summed E-state index contributed by atoms with van der Waals surface area (Å²) in [7, 11) is 0. The van der Waals surface area contributed by atoms with Crippen LogP contribution >= 0.6 is 0 Å². The van der Waals surface area contributed by atoms with Crippen molar-refractivity contribution in [2.45, 2.75) is 58.4 Å². The Bertz CT molecular complexity index is 608. The van der Waals surface area contributed by atoms with Crippen LogP contribution in [0.1, 0.15) is 63.5 Å². The maximum atomic E-state index is 12.4. The minimum Gasteiger partial charge on any atom is -0.348 e. The summed E-state index contributed by atoms with van der Waals surface area (Å²) in [6.45, 7) is 6.46. The molecule has 0 bridgehead atoms. The number of nitriles is 1. The lowest BCUT2D eigenvalue weighted by molar-refractivity contribution is -0.118. The van der Waals surface area contributed by atoms with Crippen LogP contribution in [0.2, 0.25) is 0 Å². The molecular weight excluding hydrogens is 284 g/mol. The van der Waals surface area contributed by atoms with E-state index in [9.17, 15) is 10.1 Å². The molecule has 1 fully saturated rings. The van der Waals surface area contributed by atoms with Crippen LogP contribution in [0.15, 0.2) is 29.8 Å². The molecule has 0 saturated heterocycles. The Morgan fingerprint density at radius 1 is 1.26 bits per heavy atom. The number of carbonyl (C=O) groups is 1. The molecule has 1 amide bonds. The first kappa shape index (κ1) is 17.3. The molecule has 1 aliphatic carbocycles. The third-order valence-corrected chi connectivity index (χ3v) is 4.71. The Labute approximate surface area is 139 Å². The Morgan fingerprint density at radius 3 is 2.48 bits per heavy atom. The fourth-order valence-electron chi connectivity index (χ4n) is 3.07. The van der Waals surface area contributed by atoms with E-state index in [2.05, 4.69) is 26.1 Å². The lowest BCUT2D eigenvalue weighted by Crippen LogP contribution is -2.41. The smallest absolute Gasteiger partial charge is 0.262 e. The summed E-state index contributed by atoms with van der Waals surface area (Å²) < 4.78 is 0. The van der Waals surface area contributed by atoms with Gasteiger partial charge in [0.2, 0.25) is 0 Å². The van der Waals surface area contributed by atoms with E-state index in [0.717, 1.165) is 24.8 Å².